The molecule has 0 spiro atoms. The molecule has 0 saturated heterocycles. The first-order valence-corrected chi connectivity index (χ1v) is 10.4. The molecule has 0 amide bonds. The second-order valence-corrected chi connectivity index (χ2v) is 8.35. The van der Waals surface area contributed by atoms with E-state index < -0.39 is 24.0 Å². The number of nitrogens with one attached hydrogen (secondary N) is 2. The van der Waals surface area contributed by atoms with Gasteiger partial charge in [0.05, 0.1) is 28.6 Å². The second kappa shape index (κ2) is 7.14. The Morgan fingerprint density at radius 2 is 1.97 bits per heavy atom. The number of rotatable bonds is 4. The van der Waals surface area contributed by atoms with Crippen molar-refractivity contribution in [1.82, 2.24) is 34.1 Å². The Balaban J connectivity index is 1.36. The number of aromatic nitrogens is 7. The van der Waals surface area contributed by atoms with Crippen molar-refractivity contribution in [2.24, 2.45) is 0 Å². The summed E-state index contributed by atoms with van der Waals surface area (Å²) in [5, 5.41) is 4.44. The maximum Gasteiger partial charge on any atom is 0.406 e. The third kappa shape index (κ3) is 3.47. The van der Waals surface area contributed by atoms with Crippen molar-refractivity contribution in [3.05, 3.63) is 81.1 Å². The molecule has 6 rings (SSSR count). The van der Waals surface area contributed by atoms with Crippen LogP contribution in [-0.4, -0.2) is 40.3 Å². The van der Waals surface area contributed by atoms with Crippen LogP contribution < -0.4 is 11.2 Å². The molecule has 34 heavy (non-hydrogen) atoms. The minimum absolute atomic E-state index is 0.0863. The van der Waals surface area contributed by atoms with Crippen LogP contribution in [0, 0.1) is 0 Å². The molecule has 172 valence electrons. The summed E-state index contributed by atoms with van der Waals surface area (Å²) in [6.07, 6.45) is 2.31. The minimum Gasteiger partial charge on any atom is -0.321 e. The molecule has 0 bridgehead atoms. The first-order valence-electron chi connectivity index (χ1n) is 10.4. The summed E-state index contributed by atoms with van der Waals surface area (Å²) in [7, 11) is 0. The van der Waals surface area contributed by atoms with Crippen molar-refractivity contribution in [1.29, 1.82) is 0 Å². The summed E-state index contributed by atoms with van der Waals surface area (Å²) < 4.78 is 41.1. The Morgan fingerprint density at radius 3 is 2.76 bits per heavy atom. The van der Waals surface area contributed by atoms with Gasteiger partial charge >= 0.3 is 11.9 Å². The molecular weight excluding hydrogens is 451 g/mol. The maximum atomic E-state index is 12.8. The van der Waals surface area contributed by atoms with Gasteiger partial charge in [-0.25, -0.2) is 19.3 Å². The third-order valence-corrected chi connectivity index (χ3v) is 6.10. The van der Waals surface area contributed by atoms with Crippen LogP contribution >= 0.6 is 0 Å². The van der Waals surface area contributed by atoms with Gasteiger partial charge in [-0.3, -0.25) is 9.78 Å². The lowest BCUT2D eigenvalue weighted by molar-refractivity contribution is -0.139. The van der Waals surface area contributed by atoms with Crippen molar-refractivity contribution in [3.8, 4) is 11.3 Å². The van der Waals surface area contributed by atoms with E-state index in [1.807, 2.05) is 12.1 Å². The van der Waals surface area contributed by atoms with Crippen LogP contribution in [0.2, 0.25) is 0 Å². The number of aromatic amines is 2. The molecule has 2 atom stereocenters. The van der Waals surface area contributed by atoms with Gasteiger partial charge in [-0.05, 0) is 42.0 Å². The van der Waals surface area contributed by atoms with Crippen molar-refractivity contribution in [3.63, 3.8) is 0 Å². The van der Waals surface area contributed by atoms with Gasteiger partial charge in [0, 0.05) is 24.2 Å². The van der Waals surface area contributed by atoms with Crippen LogP contribution in [-0.2, 0) is 6.54 Å². The van der Waals surface area contributed by atoms with Crippen LogP contribution in [0.3, 0.4) is 0 Å². The monoisotopic (exact) mass is 467 g/mol. The van der Waals surface area contributed by atoms with Crippen LogP contribution in [0.4, 0.5) is 13.2 Å². The smallest absolute Gasteiger partial charge is 0.321 e. The minimum atomic E-state index is -4.32. The summed E-state index contributed by atoms with van der Waals surface area (Å²) in [5.41, 5.74) is 2.93. The predicted octanol–water partition coefficient (Wildman–Crippen LogP) is 2.96. The van der Waals surface area contributed by atoms with Gasteiger partial charge in [0.2, 0.25) is 0 Å². The van der Waals surface area contributed by atoms with Crippen LogP contribution in [0.5, 0.6) is 0 Å². The predicted molar refractivity (Wildman–Crippen MR) is 116 cm³/mol. The molecular formula is C22H16F3N7O2. The third-order valence-electron chi connectivity index (χ3n) is 6.10. The SMILES string of the molecule is O=c1[nH]cc(-c2cc([C@H]3C[C@@H]3c3ccc4c(c3)ncn4CC(F)(F)F)c3nccn3n2)c(=O)[nH]1. The summed E-state index contributed by atoms with van der Waals surface area (Å²) in [6, 6.07) is 7.12. The molecule has 1 aliphatic carbocycles. The van der Waals surface area contributed by atoms with Gasteiger partial charge in [0.15, 0.2) is 5.65 Å². The largest absolute Gasteiger partial charge is 0.406 e. The van der Waals surface area contributed by atoms with E-state index in [9.17, 15) is 22.8 Å². The van der Waals surface area contributed by atoms with E-state index in [1.165, 1.54) is 12.5 Å². The number of imidazole rings is 2. The number of fused-ring (bicyclic) bond motifs is 2. The molecule has 0 unspecified atom stereocenters. The Kier molecular flexibility index (Phi) is 4.28. The number of halogens is 3. The lowest BCUT2D eigenvalue weighted by Crippen LogP contribution is -2.23. The lowest BCUT2D eigenvalue weighted by Gasteiger charge is -2.09. The highest BCUT2D eigenvalue weighted by atomic mass is 19.4. The number of nitrogens with zero attached hydrogens (tertiary/aromatic N) is 5. The fourth-order valence-corrected chi connectivity index (χ4v) is 4.48. The maximum absolute atomic E-state index is 12.8. The topological polar surface area (TPSA) is 114 Å². The van der Waals surface area contributed by atoms with E-state index in [-0.39, 0.29) is 17.4 Å². The molecule has 1 aliphatic rings. The van der Waals surface area contributed by atoms with E-state index in [0.29, 0.717) is 22.4 Å². The average Bonchev–Trinajstić information content (AvgIpc) is 3.26. The van der Waals surface area contributed by atoms with Crippen LogP contribution in [0.1, 0.15) is 29.4 Å². The van der Waals surface area contributed by atoms with Crippen molar-refractivity contribution >= 4 is 16.7 Å². The molecule has 12 heteroatoms. The second-order valence-electron chi connectivity index (χ2n) is 8.35. The van der Waals surface area contributed by atoms with Crippen molar-refractivity contribution in [2.45, 2.75) is 31.0 Å². The number of hydrogen-bond donors (Lipinski definition) is 2. The van der Waals surface area contributed by atoms with E-state index in [4.69, 9.17) is 0 Å². The summed E-state index contributed by atoms with van der Waals surface area (Å²) in [4.78, 5) is 36.9. The van der Waals surface area contributed by atoms with Crippen molar-refractivity contribution in [2.75, 3.05) is 0 Å². The summed E-state index contributed by atoms with van der Waals surface area (Å²) >= 11 is 0. The van der Waals surface area contributed by atoms with Gasteiger partial charge in [-0.2, -0.15) is 18.3 Å². The van der Waals surface area contributed by atoms with E-state index in [0.717, 1.165) is 22.1 Å². The number of benzene rings is 1. The summed E-state index contributed by atoms with van der Waals surface area (Å²) in [6.45, 7) is -1.09. The van der Waals surface area contributed by atoms with E-state index >= 15 is 0 Å². The number of hydrogen-bond acceptors (Lipinski definition) is 5. The zero-order valence-corrected chi connectivity index (χ0v) is 17.4. The molecule has 5 aromatic rings. The van der Waals surface area contributed by atoms with Gasteiger partial charge in [0.25, 0.3) is 5.56 Å². The normalized spacial score (nSPS) is 18.1. The van der Waals surface area contributed by atoms with E-state index in [2.05, 4.69) is 25.0 Å². The number of H-pyrrole nitrogens is 2. The van der Waals surface area contributed by atoms with Gasteiger partial charge in [-0.15, -0.1) is 0 Å². The standard InChI is InChI=1S/C22H16F3N7O2/c23-22(24,25)9-31-10-28-17-5-11(1-2-18(17)31)12-6-13(12)14-7-16(30-32-4-3-26-19(14)32)15-8-27-21(34)29-20(15)33/h1-5,7-8,10,12-13H,6,9H2,(H2,27,29,33,34)/t12-,13+/m1/s1. The summed E-state index contributed by atoms with van der Waals surface area (Å²) in [5.74, 6) is 0.213. The molecule has 4 heterocycles. The highest BCUT2D eigenvalue weighted by molar-refractivity contribution is 5.76. The molecule has 1 saturated carbocycles. The highest BCUT2D eigenvalue weighted by Crippen LogP contribution is 2.55. The lowest BCUT2D eigenvalue weighted by atomic mass is 10.0. The zero-order valence-electron chi connectivity index (χ0n) is 17.4. The number of alkyl halides is 3. The molecule has 4 aromatic heterocycles. The first-order chi connectivity index (χ1) is 16.3. The quantitative estimate of drug-likeness (QED) is 0.422. The molecule has 0 aliphatic heterocycles. The Morgan fingerprint density at radius 1 is 1.12 bits per heavy atom. The zero-order chi connectivity index (χ0) is 23.6. The molecule has 1 aromatic carbocycles. The molecule has 0 radical (unpaired) electrons. The molecule has 1 fully saturated rings. The van der Waals surface area contributed by atoms with Gasteiger partial charge in [0.1, 0.15) is 6.54 Å². The first kappa shape index (κ1) is 20.4. The Labute approximate surface area is 187 Å². The van der Waals surface area contributed by atoms with Gasteiger partial charge < -0.3 is 9.55 Å². The Hall–Kier alpha value is -4.22. The van der Waals surface area contributed by atoms with E-state index in [1.54, 1.807) is 29.0 Å². The Bertz CT molecular complexity index is 1680. The molecule has 9 nitrogen and oxygen atoms in total. The van der Waals surface area contributed by atoms with Crippen molar-refractivity contribution < 1.29 is 13.2 Å². The van der Waals surface area contributed by atoms with Crippen LogP contribution in [0.15, 0.2) is 58.8 Å². The fourth-order valence-electron chi connectivity index (χ4n) is 4.48. The molecule has 2 N–H and O–H groups in total. The van der Waals surface area contributed by atoms with Crippen LogP contribution in [0.25, 0.3) is 27.9 Å². The average molecular weight is 467 g/mol. The fraction of sp³-hybridized carbons (Fsp3) is 0.227. The highest BCUT2D eigenvalue weighted by Gasteiger charge is 2.41. The van der Waals surface area contributed by atoms with Gasteiger partial charge in [-0.1, -0.05) is 6.07 Å².